The molecule has 0 atom stereocenters. The molecule has 2 aromatic carbocycles. The van der Waals surface area contributed by atoms with Gasteiger partial charge in [0, 0.05) is 16.5 Å². The van der Waals surface area contributed by atoms with Crippen molar-refractivity contribution >= 4 is 10.9 Å². The lowest BCUT2D eigenvalue weighted by molar-refractivity contribution is 0.341. The van der Waals surface area contributed by atoms with Crippen molar-refractivity contribution in [2.24, 2.45) is 5.73 Å². The highest BCUT2D eigenvalue weighted by molar-refractivity contribution is 5.92. The van der Waals surface area contributed by atoms with Gasteiger partial charge in [-0.15, -0.1) is 0 Å². The van der Waals surface area contributed by atoms with Gasteiger partial charge in [-0.25, -0.2) is 4.39 Å². The minimum absolute atomic E-state index is 0.216. The first-order valence-corrected chi connectivity index (χ1v) is 8.47. The third-order valence-electron chi connectivity index (χ3n) is 4.21. The van der Waals surface area contributed by atoms with Gasteiger partial charge in [-0.3, -0.25) is 0 Å². The quantitative estimate of drug-likeness (QED) is 0.621. The predicted molar refractivity (Wildman–Crippen MR) is 96.9 cm³/mol. The molecule has 0 aliphatic heterocycles. The van der Waals surface area contributed by atoms with Crippen LogP contribution in [0, 0.1) is 5.82 Å². The molecular formula is C20H23FN2O. The topological polar surface area (TPSA) is 51.0 Å². The van der Waals surface area contributed by atoms with Gasteiger partial charge in [-0.05, 0) is 68.6 Å². The van der Waals surface area contributed by atoms with E-state index in [0.717, 1.165) is 52.7 Å². The van der Waals surface area contributed by atoms with Crippen LogP contribution in [-0.4, -0.2) is 18.1 Å². The molecule has 1 aromatic heterocycles. The number of halogens is 1. The first kappa shape index (κ1) is 16.5. The van der Waals surface area contributed by atoms with E-state index >= 15 is 0 Å². The van der Waals surface area contributed by atoms with Crippen molar-refractivity contribution in [3.63, 3.8) is 0 Å². The zero-order valence-corrected chi connectivity index (χ0v) is 13.9. The first-order valence-electron chi connectivity index (χ1n) is 8.47. The molecule has 4 heteroatoms. The van der Waals surface area contributed by atoms with Crippen LogP contribution in [0.25, 0.3) is 22.2 Å². The second-order valence-electron chi connectivity index (χ2n) is 5.84. The number of hydrogen-bond donors (Lipinski definition) is 2. The Morgan fingerprint density at radius 2 is 1.96 bits per heavy atom. The van der Waals surface area contributed by atoms with Crippen LogP contribution in [0.5, 0.6) is 5.75 Å². The SMILES string of the molecule is CCOc1ccccc1-c1[nH]c2ccc(F)cc2c1CCCCN. The second-order valence-corrected chi connectivity index (χ2v) is 5.84. The van der Waals surface area contributed by atoms with Crippen LogP contribution in [0.1, 0.15) is 25.3 Å². The summed E-state index contributed by atoms with van der Waals surface area (Å²) in [7, 11) is 0. The van der Waals surface area contributed by atoms with E-state index in [9.17, 15) is 4.39 Å². The number of H-pyrrole nitrogens is 1. The molecule has 3 N–H and O–H groups in total. The molecule has 0 aliphatic rings. The molecule has 126 valence electrons. The smallest absolute Gasteiger partial charge is 0.128 e. The monoisotopic (exact) mass is 326 g/mol. The minimum atomic E-state index is -0.216. The Bertz CT molecular complexity index is 826. The molecule has 0 amide bonds. The fraction of sp³-hybridized carbons (Fsp3) is 0.300. The van der Waals surface area contributed by atoms with Crippen molar-refractivity contribution in [2.45, 2.75) is 26.2 Å². The molecular weight excluding hydrogens is 303 g/mol. The summed E-state index contributed by atoms with van der Waals surface area (Å²) in [6.07, 6.45) is 2.79. The van der Waals surface area contributed by atoms with E-state index < -0.39 is 0 Å². The summed E-state index contributed by atoms with van der Waals surface area (Å²) in [5, 5.41) is 0.938. The fourth-order valence-corrected chi connectivity index (χ4v) is 3.11. The molecule has 3 rings (SSSR count). The number of rotatable bonds is 7. The maximum atomic E-state index is 13.8. The number of aryl methyl sites for hydroxylation is 1. The van der Waals surface area contributed by atoms with Crippen LogP contribution in [0.3, 0.4) is 0 Å². The van der Waals surface area contributed by atoms with E-state index in [0.29, 0.717) is 13.2 Å². The summed E-state index contributed by atoms with van der Waals surface area (Å²) in [4.78, 5) is 3.46. The highest BCUT2D eigenvalue weighted by Crippen LogP contribution is 2.36. The molecule has 0 saturated heterocycles. The number of ether oxygens (including phenoxy) is 1. The molecule has 0 spiro atoms. The lowest BCUT2D eigenvalue weighted by Crippen LogP contribution is -2.00. The number of hydrogen-bond acceptors (Lipinski definition) is 2. The van der Waals surface area contributed by atoms with E-state index in [1.165, 1.54) is 6.07 Å². The summed E-state index contributed by atoms with van der Waals surface area (Å²) in [6.45, 7) is 3.25. The highest BCUT2D eigenvalue weighted by Gasteiger charge is 2.16. The Morgan fingerprint density at radius 1 is 1.12 bits per heavy atom. The van der Waals surface area contributed by atoms with Crippen molar-refractivity contribution in [2.75, 3.05) is 13.2 Å². The number of fused-ring (bicyclic) bond motifs is 1. The van der Waals surface area contributed by atoms with Gasteiger partial charge >= 0.3 is 0 Å². The Kier molecular flexibility index (Phi) is 5.16. The maximum Gasteiger partial charge on any atom is 0.128 e. The molecule has 0 fully saturated rings. The number of para-hydroxylation sites is 1. The van der Waals surface area contributed by atoms with Crippen molar-refractivity contribution in [1.82, 2.24) is 4.98 Å². The number of nitrogens with one attached hydrogen (secondary N) is 1. The maximum absolute atomic E-state index is 13.8. The number of nitrogens with two attached hydrogens (primary N) is 1. The normalized spacial score (nSPS) is 11.1. The van der Waals surface area contributed by atoms with Crippen LogP contribution in [0.15, 0.2) is 42.5 Å². The molecule has 24 heavy (non-hydrogen) atoms. The molecule has 0 unspecified atom stereocenters. The zero-order valence-electron chi connectivity index (χ0n) is 13.9. The van der Waals surface area contributed by atoms with Gasteiger partial charge in [-0.2, -0.15) is 0 Å². The van der Waals surface area contributed by atoms with Crippen molar-refractivity contribution in [1.29, 1.82) is 0 Å². The average molecular weight is 326 g/mol. The Morgan fingerprint density at radius 3 is 2.75 bits per heavy atom. The van der Waals surface area contributed by atoms with Crippen LogP contribution in [-0.2, 0) is 6.42 Å². The van der Waals surface area contributed by atoms with Gasteiger partial charge in [0.25, 0.3) is 0 Å². The summed E-state index contributed by atoms with van der Waals surface area (Å²) in [6, 6.07) is 12.9. The molecule has 0 radical (unpaired) electrons. The second kappa shape index (κ2) is 7.49. The minimum Gasteiger partial charge on any atom is -0.493 e. The fourth-order valence-electron chi connectivity index (χ4n) is 3.11. The summed E-state index contributed by atoms with van der Waals surface area (Å²) in [5.74, 6) is 0.623. The van der Waals surface area contributed by atoms with Crippen LogP contribution < -0.4 is 10.5 Å². The van der Waals surface area contributed by atoms with Crippen molar-refractivity contribution < 1.29 is 9.13 Å². The summed E-state index contributed by atoms with van der Waals surface area (Å²) in [5.41, 5.74) is 9.73. The number of aromatic nitrogens is 1. The third kappa shape index (κ3) is 3.29. The molecule has 0 bridgehead atoms. The van der Waals surface area contributed by atoms with E-state index in [-0.39, 0.29) is 5.82 Å². The van der Waals surface area contributed by atoms with Gasteiger partial charge in [0.05, 0.1) is 12.3 Å². The van der Waals surface area contributed by atoms with Gasteiger partial charge in [-0.1, -0.05) is 12.1 Å². The van der Waals surface area contributed by atoms with Gasteiger partial charge in [0.15, 0.2) is 0 Å². The molecule has 3 aromatic rings. The first-order chi connectivity index (χ1) is 11.7. The molecule has 0 saturated carbocycles. The number of benzene rings is 2. The van der Waals surface area contributed by atoms with Crippen LogP contribution >= 0.6 is 0 Å². The van der Waals surface area contributed by atoms with Gasteiger partial charge < -0.3 is 15.5 Å². The average Bonchev–Trinajstić information content (AvgIpc) is 2.94. The van der Waals surface area contributed by atoms with Crippen molar-refractivity contribution in [3.05, 3.63) is 53.8 Å². The zero-order chi connectivity index (χ0) is 16.9. The number of unbranched alkanes of at least 4 members (excludes halogenated alkanes) is 1. The van der Waals surface area contributed by atoms with Gasteiger partial charge in [0.2, 0.25) is 0 Å². The summed E-state index contributed by atoms with van der Waals surface area (Å²) >= 11 is 0. The van der Waals surface area contributed by atoms with Crippen molar-refractivity contribution in [3.8, 4) is 17.0 Å². The third-order valence-corrected chi connectivity index (χ3v) is 4.21. The van der Waals surface area contributed by atoms with Crippen LogP contribution in [0.2, 0.25) is 0 Å². The van der Waals surface area contributed by atoms with Gasteiger partial charge in [0.1, 0.15) is 11.6 Å². The summed E-state index contributed by atoms with van der Waals surface area (Å²) < 4.78 is 19.5. The Hall–Kier alpha value is -2.33. The largest absolute Gasteiger partial charge is 0.493 e. The predicted octanol–water partition coefficient (Wildman–Crippen LogP) is 4.65. The molecule has 1 heterocycles. The Balaban J connectivity index is 2.14. The van der Waals surface area contributed by atoms with E-state index in [2.05, 4.69) is 4.98 Å². The van der Waals surface area contributed by atoms with E-state index in [1.54, 1.807) is 12.1 Å². The van der Waals surface area contributed by atoms with E-state index in [4.69, 9.17) is 10.5 Å². The van der Waals surface area contributed by atoms with Crippen LogP contribution in [0.4, 0.5) is 4.39 Å². The lowest BCUT2D eigenvalue weighted by Gasteiger charge is -2.11. The lowest BCUT2D eigenvalue weighted by atomic mass is 9.99. The Labute approximate surface area is 141 Å². The standard InChI is InChI=1S/C20H23FN2O/c1-2-24-19-9-4-3-8-16(19)20-15(7-5-6-12-22)17-13-14(21)10-11-18(17)23-20/h3-4,8-11,13,23H,2,5-7,12,22H2,1H3. The molecule has 3 nitrogen and oxygen atoms in total. The number of aromatic amines is 1. The molecule has 0 aliphatic carbocycles. The highest BCUT2D eigenvalue weighted by atomic mass is 19.1. The van der Waals surface area contributed by atoms with E-state index in [1.807, 2.05) is 31.2 Å².